The second kappa shape index (κ2) is 14.9. The van der Waals surface area contributed by atoms with E-state index < -0.39 is 11.8 Å². The molecule has 0 radical (unpaired) electrons. The van der Waals surface area contributed by atoms with Crippen LogP contribution in [0.1, 0.15) is 40.4 Å². The van der Waals surface area contributed by atoms with Gasteiger partial charge in [-0.3, -0.25) is 14.4 Å². The first-order valence-corrected chi connectivity index (χ1v) is 15.3. The lowest BCUT2D eigenvalue weighted by Crippen LogP contribution is -2.30. The molecular formula is C34H31Cl2N3O3S. The van der Waals surface area contributed by atoms with Gasteiger partial charge in [0.25, 0.3) is 11.8 Å². The van der Waals surface area contributed by atoms with E-state index in [0.29, 0.717) is 33.3 Å². The van der Waals surface area contributed by atoms with E-state index in [1.165, 1.54) is 17.8 Å². The Balaban J connectivity index is 1.53. The molecule has 4 rings (SSSR count). The van der Waals surface area contributed by atoms with E-state index in [4.69, 9.17) is 23.2 Å². The molecule has 220 valence electrons. The Hall–Kier alpha value is -4.04. The average molecular weight is 633 g/mol. The summed E-state index contributed by atoms with van der Waals surface area (Å²) in [4.78, 5) is 40.4. The van der Waals surface area contributed by atoms with Crippen LogP contribution in [-0.2, 0) is 9.59 Å². The number of amides is 3. The van der Waals surface area contributed by atoms with Crippen LogP contribution in [0.15, 0.2) is 102 Å². The van der Waals surface area contributed by atoms with Gasteiger partial charge in [-0.05, 0) is 85.5 Å². The Morgan fingerprint density at radius 2 is 1.53 bits per heavy atom. The second-order valence-electron chi connectivity index (χ2n) is 9.80. The molecule has 0 aliphatic heterocycles. The summed E-state index contributed by atoms with van der Waals surface area (Å²) in [7, 11) is 0. The summed E-state index contributed by atoms with van der Waals surface area (Å²) in [5.74, 6) is -1.08. The fraction of sp³-hybridized carbons (Fsp3) is 0.147. The number of aryl methyl sites for hydroxylation is 2. The van der Waals surface area contributed by atoms with Crippen LogP contribution in [0.4, 0.5) is 11.4 Å². The lowest BCUT2D eigenvalue weighted by Gasteiger charge is -2.18. The van der Waals surface area contributed by atoms with Crippen LogP contribution in [-0.4, -0.2) is 23.0 Å². The number of hydrogen-bond acceptors (Lipinski definition) is 4. The third kappa shape index (κ3) is 8.74. The normalized spacial score (nSPS) is 11.9. The molecule has 9 heteroatoms. The Morgan fingerprint density at radius 1 is 0.837 bits per heavy atom. The van der Waals surface area contributed by atoms with Crippen molar-refractivity contribution in [3.05, 3.63) is 129 Å². The Labute approximate surface area is 265 Å². The molecule has 6 nitrogen and oxygen atoms in total. The zero-order chi connectivity index (χ0) is 30.9. The van der Waals surface area contributed by atoms with Gasteiger partial charge >= 0.3 is 0 Å². The third-order valence-electron chi connectivity index (χ3n) is 6.55. The van der Waals surface area contributed by atoms with Crippen LogP contribution in [0.25, 0.3) is 6.08 Å². The molecule has 3 N–H and O–H groups in total. The van der Waals surface area contributed by atoms with Crippen molar-refractivity contribution in [3.8, 4) is 0 Å². The predicted molar refractivity (Wildman–Crippen MR) is 178 cm³/mol. The molecule has 0 heterocycles. The minimum atomic E-state index is -0.544. The molecule has 43 heavy (non-hydrogen) atoms. The van der Waals surface area contributed by atoms with Crippen molar-refractivity contribution >= 4 is 70.1 Å². The largest absolute Gasteiger partial charge is 0.325 e. The van der Waals surface area contributed by atoms with E-state index in [-0.39, 0.29) is 16.9 Å². The number of hydrogen-bond donors (Lipinski definition) is 3. The first-order chi connectivity index (χ1) is 20.6. The van der Waals surface area contributed by atoms with Crippen LogP contribution in [0.2, 0.25) is 10.0 Å². The fourth-order valence-corrected chi connectivity index (χ4v) is 5.74. The number of carbonyl (C=O) groups excluding carboxylic acids is 3. The van der Waals surface area contributed by atoms with Gasteiger partial charge in [0.1, 0.15) is 5.70 Å². The molecule has 4 aromatic rings. The maximum absolute atomic E-state index is 13.5. The van der Waals surface area contributed by atoms with E-state index in [2.05, 4.69) is 16.0 Å². The van der Waals surface area contributed by atoms with Gasteiger partial charge in [0.2, 0.25) is 5.91 Å². The first-order valence-electron chi connectivity index (χ1n) is 13.6. The van der Waals surface area contributed by atoms with Crippen molar-refractivity contribution in [2.45, 2.75) is 37.3 Å². The monoisotopic (exact) mass is 631 g/mol. The Kier molecular flexibility index (Phi) is 11.1. The van der Waals surface area contributed by atoms with Crippen molar-refractivity contribution in [2.75, 3.05) is 10.6 Å². The van der Waals surface area contributed by atoms with Crippen molar-refractivity contribution < 1.29 is 14.4 Å². The van der Waals surface area contributed by atoms with Crippen LogP contribution >= 0.6 is 35.0 Å². The van der Waals surface area contributed by atoms with Gasteiger partial charge in [-0.15, -0.1) is 11.8 Å². The summed E-state index contributed by atoms with van der Waals surface area (Å²) in [6, 6.07) is 26.6. The number of anilines is 2. The highest BCUT2D eigenvalue weighted by atomic mass is 35.5. The molecule has 1 unspecified atom stereocenters. The van der Waals surface area contributed by atoms with Crippen LogP contribution in [0, 0.1) is 13.8 Å². The maximum atomic E-state index is 13.5. The Bertz CT molecular complexity index is 1650. The first kappa shape index (κ1) is 31.9. The molecule has 4 aromatic carbocycles. The van der Waals surface area contributed by atoms with Crippen LogP contribution in [0.3, 0.4) is 0 Å². The lowest BCUT2D eigenvalue weighted by atomic mass is 10.1. The molecule has 0 saturated carbocycles. The summed E-state index contributed by atoms with van der Waals surface area (Å²) in [6.07, 6.45) is 2.11. The molecule has 0 aliphatic carbocycles. The molecule has 3 amide bonds. The number of benzene rings is 4. The van der Waals surface area contributed by atoms with Gasteiger partial charge < -0.3 is 16.0 Å². The smallest absolute Gasteiger partial charge is 0.272 e. The number of rotatable bonds is 10. The quantitative estimate of drug-likeness (QED) is 0.121. The summed E-state index contributed by atoms with van der Waals surface area (Å²) in [5.41, 5.74) is 4.23. The van der Waals surface area contributed by atoms with Gasteiger partial charge in [-0.2, -0.15) is 0 Å². The molecule has 0 saturated heterocycles. The van der Waals surface area contributed by atoms with Gasteiger partial charge in [0, 0.05) is 31.9 Å². The van der Waals surface area contributed by atoms with E-state index in [9.17, 15) is 14.4 Å². The molecule has 0 aromatic heterocycles. The van der Waals surface area contributed by atoms with Crippen molar-refractivity contribution in [1.29, 1.82) is 0 Å². The number of para-hydroxylation sites is 1. The molecule has 0 bridgehead atoms. The zero-order valence-electron chi connectivity index (χ0n) is 23.9. The highest BCUT2D eigenvalue weighted by Crippen LogP contribution is 2.30. The summed E-state index contributed by atoms with van der Waals surface area (Å²) in [5, 5.41) is 9.07. The summed E-state index contributed by atoms with van der Waals surface area (Å²) < 4.78 is 0. The lowest BCUT2D eigenvalue weighted by molar-refractivity contribution is -0.116. The minimum Gasteiger partial charge on any atom is -0.325 e. The van der Waals surface area contributed by atoms with Gasteiger partial charge in [-0.1, -0.05) is 78.7 Å². The highest BCUT2D eigenvalue weighted by Gasteiger charge is 2.20. The number of halogens is 2. The fourth-order valence-electron chi connectivity index (χ4n) is 4.26. The molecule has 0 aliphatic rings. The Morgan fingerprint density at radius 3 is 2.21 bits per heavy atom. The van der Waals surface area contributed by atoms with Crippen LogP contribution < -0.4 is 16.0 Å². The summed E-state index contributed by atoms with van der Waals surface area (Å²) >= 11 is 13.8. The predicted octanol–water partition coefficient (Wildman–Crippen LogP) is 8.53. The topological polar surface area (TPSA) is 87.3 Å². The van der Waals surface area contributed by atoms with E-state index >= 15 is 0 Å². The molecular weight excluding hydrogens is 601 g/mol. The maximum Gasteiger partial charge on any atom is 0.272 e. The SMILES string of the molecule is CCC(Sc1cccc(NC(=O)/C(=C\c2ccc(Cl)cc2Cl)NC(=O)c2ccccc2)c1)C(=O)Nc1c(C)cccc1C. The highest BCUT2D eigenvalue weighted by molar-refractivity contribution is 8.00. The van der Waals surface area contributed by atoms with Gasteiger partial charge in [0.15, 0.2) is 0 Å². The number of thioether (sulfide) groups is 1. The average Bonchev–Trinajstić information content (AvgIpc) is 2.99. The van der Waals surface area contributed by atoms with Crippen molar-refractivity contribution in [1.82, 2.24) is 5.32 Å². The van der Waals surface area contributed by atoms with Crippen molar-refractivity contribution in [3.63, 3.8) is 0 Å². The standard InChI is InChI=1S/C34H31Cl2N3O3S/c1-4-30(34(42)39-31-21(2)10-8-11-22(31)3)43-27-15-9-14-26(20-27)37-33(41)29(18-24-16-17-25(35)19-28(24)36)38-32(40)23-12-6-5-7-13-23/h5-20,30H,4H2,1-3H3,(H,37,41)(H,38,40)(H,39,42)/b29-18+. The van der Waals surface area contributed by atoms with Gasteiger partial charge in [-0.25, -0.2) is 0 Å². The molecule has 1 atom stereocenters. The number of carbonyl (C=O) groups is 3. The third-order valence-corrected chi connectivity index (χ3v) is 8.47. The van der Waals surface area contributed by atoms with Gasteiger partial charge in [0.05, 0.1) is 5.25 Å². The van der Waals surface area contributed by atoms with E-state index in [1.54, 1.807) is 66.7 Å². The molecule has 0 spiro atoms. The second-order valence-corrected chi connectivity index (χ2v) is 11.9. The van der Waals surface area contributed by atoms with Crippen LogP contribution in [0.5, 0.6) is 0 Å². The van der Waals surface area contributed by atoms with E-state index in [0.717, 1.165) is 21.7 Å². The number of nitrogens with one attached hydrogen (secondary N) is 3. The summed E-state index contributed by atoms with van der Waals surface area (Å²) in [6.45, 7) is 5.89. The minimum absolute atomic E-state index is 0.00413. The van der Waals surface area contributed by atoms with Crippen molar-refractivity contribution in [2.24, 2.45) is 0 Å². The van der Waals surface area contributed by atoms with E-state index in [1.807, 2.05) is 45.0 Å². The zero-order valence-corrected chi connectivity index (χ0v) is 26.2. The molecule has 0 fully saturated rings.